The minimum atomic E-state index is 0.540. The van der Waals surface area contributed by atoms with E-state index >= 15 is 0 Å². The van der Waals surface area contributed by atoms with E-state index in [1.54, 1.807) is 0 Å². The highest BCUT2D eigenvalue weighted by molar-refractivity contribution is 6.30. The number of halogens is 1. The molecule has 1 unspecified atom stereocenters. The standard InChI is InChI=1S/C14H22ClNO/c1-3-17-10-4-5-13(11-16-2)12-6-8-14(15)9-7-12/h6-9,13,16H,3-5,10-11H2,1-2H3. The van der Waals surface area contributed by atoms with Crippen LogP contribution in [-0.4, -0.2) is 26.8 Å². The average molecular weight is 256 g/mol. The highest BCUT2D eigenvalue weighted by atomic mass is 35.5. The Morgan fingerprint density at radius 1 is 1.29 bits per heavy atom. The fraction of sp³-hybridized carbons (Fsp3) is 0.571. The Hall–Kier alpha value is -0.570. The maximum absolute atomic E-state index is 5.90. The molecule has 0 radical (unpaired) electrons. The molecule has 0 fully saturated rings. The van der Waals surface area contributed by atoms with Crippen molar-refractivity contribution in [2.75, 3.05) is 26.8 Å². The number of hydrogen-bond acceptors (Lipinski definition) is 2. The van der Waals surface area contributed by atoms with Crippen LogP contribution >= 0.6 is 11.6 Å². The summed E-state index contributed by atoms with van der Waals surface area (Å²) in [7, 11) is 1.99. The number of nitrogens with one attached hydrogen (secondary N) is 1. The Kier molecular flexibility index (Phi) is 7.25. The van der Waals surface area contributed by atoms with E-state index in [9.17, 15) is 0 Å². The lowest BCUT2D eigenvalue weighted by Crippen LogP contribution is -2.17. The van der Waals surface area contributed by atoms with Crippen LogP contribution in [0.3, 0.4) is 0 Å². The van der Waals surface area contributed by atoms with Gasteiger partial charge in [-0.3, -0.25) is 0 Å². The van der Waals surface area contributed by atoms with E-state index in [2.05, 4.69) is 17.4 Å². The molecule has 96 valence electrons. The first kappa shape index (κ1) is 14.5. The van der Waals surface area contributed by atoms with Crippen LogP contribution < -0.4 is 5.32 Å². The van der Waals surface area contributed by atoms with Crippen molar-refractivity contribution in [2.24, 2.45) is 0 Å². The van der Waals surface area contributed by atoms with E-state index in [0.29, 0.717) is 5.92 Å². The van der Waals surface area contributed by atoms with Crippen LogP contribution in [0.1, 0.15) is 31.2 Å². The third-order valence-electron chi connectivity index (χ3n) is 2.84. The molecule has 1 atom stereocenters. The summed E-state index contributed by atoms with van der Waals surface area (Å²) in [5, 5.41) is 4.05. The topological polar surface area (TPSA) is 21.3 Å². The summed E-state index contributed by atoms with van der Waals surface area (Å²) in [5.41, 5.74) is 1.35. The van der Waals surface area contributed by atoms with Crippen LogP contribution in [0.25, 0.3) is 0 Å². The van der Waals surface area contributed by atoms with Gasteiger partial charge in [-0.25, -0.2) is 0 Å². The van der Waals surface area contributed by atoms with Gasteiger partial charge in [-0.15, -0.1) is 0 Å². The van der Waals surface area contributed by atoms with Crippen molar-refractivity contribution in [3.05, 3.63) is 34.9 Å². The molecule has 3 heteroatoms. The van der Waals surface area contributed by atoms with Gasteiger partial charge in [0.1, 0.15) is 0 Å². The zero-order valence-electron chi connectivity index (χ0n) is 10.7. The second kappa shape index (κ2) is 8.51. The Morgan fingerprint density at radius 3 is 2.59 bits per heavy atom. The molecule has 0 saturated heterocycles. The van der Waals surface area contributed by atoms with Crippen LogP contribution in [0, 0.1) is 0 Å². The summed E-state index contributed by atoms with van der Waals surface area (Å²) in [6.07, 6.45) is 2.24. The zero-order chi connectivity index (χ0) is 12.5. The lowest BCUT2D eigenvalue weighted by Gasteiger charge is -2.17. The molecule has 0 bridgehead atoms. The van der Waals surface area contributed by atoms with Gasteiger partial charge in [0.25, 0.3) is 0 Å². The molecule has 2 nitrogen and oxygen atoms in total. The van der Waals surface area contributed by atoms with Gasteiger partial charge in [-0.1, -0.05) is 23.7 Å². The Labute approximate surface area is 109 Å². The van der Waals surface area contributed by atoms with Gasteiger partial charge in [0.2, 0.25) is 0 Å². The molecule has 1 aromatic carbocycles. The minimum absolute atomic E-state index is 0.540. The summed E-state index contributed by atoms with van der Waals surface area (Å²) >= 11 is 5.90. The summed E-state index contributed by atoms with van der Waals surface area (Å²) in [5.74, 6) is 0.540. The van der Waals surface area contributed by atoms with Gasteiger partial charge in [-0.05, 0) is 50.4 Å². The molecule has 0 amide bonds. The first-order chi connectivity index (χ1) is 8.27. The van der Waals surface area contributed by atoms with E-state index in [-0.39, 0.29) is 0 Å². The molecule has 0 aromatic heterocycles. The number of hydrogen-bond donors (Lipinski definition) is 1. The van der Waals surface area contributed by atoms with Crippen molar-refractivity contribution in [2.45, 2.75) is 25.7 Å². The zero-order valence-corrected chi connectivity index (χ0v) is 11.5. The molecule has 0 aliphatic heterocycles. The maximum atomic E-state index is 5.90. The van der Waals surface area contributed by atoms with Gasteiger partial charge < -0.3 is 10.1 Å². The molecular formula is C14H22ClNO. The predicted octanol–water partition coefficient (Wildman–Crippen LogP) is 3.46. The second-order valence-electron chi connectivity index (χ2n) is 4.15. The van der Waals surface area contributed by atoms with E-state index in [4.69, 9.17) is 16.3 Å². The highest BCUT2D eigenvalue weighted by Crippen LogP contribution is 2.22. The fourth-order valence-corrected chi connectivity index (χ4v) is 2.07. The van der Waals surface area contributed by atoms with E-state index < -0.39 is 0 Å². The Balaban J connectivity index is 2.49. The largest absolute Gasteiger partial charge is 0.382 e. The quantitative estimate of drug-likeness (QED) is 0.719. The molecular weight excluding hydrogens is 234 g/mol. The van der Waals surface area contributed by atoms with Crippen LogP contribution in [0.15, 0.2) is 24.3 Å². The van der Waals surface area contributed by atoms with Crippen molar-refractivity contribution >= 4 is 11.6 Å². The smallest absolute Gasteiger partial charge is 0.0466 e. The molecule has 17 heavy (non-hydrogen) atoms. The SMILES string of the molecule is CCOCCCC(CNC)c1ccc(Cl)cc1. The summed E-state index contributed by atoms with van der Waals surface area (Å²) in [6, 6.07) is 8.15. The van der Waals surface area contributed by atoms with Crippen LogP contribution in [0.2, 0.25) is 5.02 Å². The van der Waals surface area contributed by atoms with Crippen LogP contribution in [-0.2, 0) is 4.74 Å². The molecule has 0 aliphatic rings. The first-order valence-electron chi connectivity index (χ1n) is 6.25. The molecule has 1 N–H and O–H groups in total. The van der Waals surface area contributed by atoms with Gasteiger partial charge in [0.15, 0.2) is 0 Å². The third kappa shape index (κ3) is 5.53. The van der Waals surface area contributed by atoms with Crippen LogP contribution in [0.5, 0.6) is 0 Å². The monoisotopic (exact) mass is 255 g/mol. The van der Waals surface area contributed by atoms with Gasteiger partial charge in [0, 0.05) is 24.8 Å². The lowest BCUT2D eigenvalue weighted by molar-refractivity contribution is 0.142. The van der Waals surface area contributed by atoms with Gasteiger partial charge >= 0.3 is 0 Å². The van der Waals surface area contributed by atoms with E-state index in [1.165, 1.54) is 5.56 Å². The second-order valence-corrected chi connectivity index (χ2v) is 4.58. The normalized spacial score (nSPS) is 12.6. The fourth-order valence-electron chi connectivity index (χ4n) is 1.94. The minimum Gasteiger partial charge on any atom is -0.382 e. The number of likely N-dealkylation sites (N-methyl/N-ethyl adjacent to an activating group) is 1. The van der Waals surface area contributed by atoms with Gasteiger partial charge in [-0.2, -0.15) is 0 Å². The van der Waals surface area contributed by atoms with Crippen molar-refractivity contribution in [1.82, 2.24) is 5.32 Å². The number of benzene rings is 1. The van der Waals surface area contributed by atoms with Crippen molar-refractivity contribution in [3.63, 3.8) is 0 Å². The first-order valence-corrected chi connectivity index (χ1v) is 6.63. The number of rotatable bonds is 8. The average Bonchev–Trinajstić information content (AvgIpc) is 2.34. The number of ether oxygens (including phenoxy) is 1. The van der Waals surface area contributed by atoms with E-state index in [0.717, 1.165) is 37.6 Å². The molecule has 0 heterocycles. The van der Waals surface area contributed by atoms with Crippen molar-refractivity contribution in [3.8, 4) is 0 Å². The molecule has 1 aromatic rings. The third-order valence-corrected chi connectivity index (χ3v) is 3.09. The molecule has 0 spiro atoms. The predicted molar refractivity (Wildman–Crippen MR) is 73.8 cm³/mol. The van der Waals surface area contributed by atoms with Gasteiger partial charge in [0.05, 0.1) is 0 Å². The summed E-state index contributed by atoms with van der Waals surface area (Å²) in [4.78, 5) is 0. The molecule has 0 saturated carbocycles. The highest BCUT2D eigenvalue weighted by Gasteiger charge is 2.10. The lowest BCUT2D eigenvalue weighted by atomic mass is 9.94. The maximum Gasteiger partial charge on any atom is 0.0466 e. The molecule has 0 aliphatic carbocycles. The van der Waals surface area contributed by atoms with Crippen molar-refractivity contribution < 1.29 is 4.74 Å². The Bertz CT molecular complexity index is 300. The van der Waals surface area contributed by atoms with E-state index in [1.807, 2.05) is 26.1 Å². The van der Waals surface area contributed by atoms with Crippen LogP contribution in [0.4, 0.5) is 0 Å². The summed E-state index contributed by atoms with van der Waals surface area (Å²) in [6.45, 7) is 4.68. The van der Waals surface area contributed by atoms with Crippen molar-refractivity contribution in [1.29, 1.82) is 0 Å². The summed E-state index contributed by atoms with van der Waals surface area (Å²) < 4.78 is 5.38. The Morgan fingerprint density at radius 2 is 2.00 bits per heavy atom. The molecule has 1 rings (SSSR count).